The summed E-state index contributed by atoms with van der Waals surface area (Å²) in [5.74, 6) is 0. The van der Waals surface area contributed by atoms with E-state index in [0.717, 1.165) is 29.3 Å². The fourth-order valence-electron chi connectivity index (χ4n) is 1.79. The Morgan fingerprint density at radius 3 is 1.72 bits per heavy atom. The summed E-state index contributed by atoms with van der Waals surface area (Å²) in [6.07, 6.45) is 3.26. The molecule has 0 bridgehead atoms. The minimum atomic E-state index is 0.502. The van der Waals surface area contributed by atoms with Crippen LogP contribution in [0.2, 0.25) is 0 Å². The van der Waals surface area contributed by atoms with E-state index in [-0.39, 0.29) is 0 Å². The van der Waals surface area contributed by atoms with Crippen LogP contribution in [-0.2, 0) is 0 Å². The molecule has 0 amide bonds. The highest BCUT2D eigenvalue weighted by Crippen LogP contribution is 2.22. The van der Waals surface area contributed by atoms with Gasteiger partial charge in [-0.25, -0.2) is 0 Å². The van der Waals surface area contributed by atoms with E-state index in [0.29, 0.717) is 11.1 Å². The average molecular weight is 236 g/mol. The van der Waals surface area contributed by atoms with Crippen LogP contribution >= 0.6 is 0 Å². The van der Waals surface area contributed by atoms with Gasteiger partial charge < -0.3 is 0 Å². The number of carbonyl (C=O) groups is 2. The Labute approximate surface area is 106 Å². The van der Waals surface area contributed by atoms with Gasteiger partial charge in [0.25, 0.3) is 0 Å². The number of carbonyl (C=O) groups excluding carboxylic acids is 2. The van der Waals surface area contributed by atoms with Gasteiger partial charge in [0, 0.05) is 11.1 Å². The fraction of sp³-hybridized carbons (Fsp3) is 0. The second-order valence-electron chi connectivity index (χ2n) is 3.95. The van der Waals surface area contributed by atoms with Gasteiger partial charge in [0.05, 0.1) is 0 Å². The maximum atomic E-state index is 10.8. The lowest BCUT2D eigenvalue weighted by molar-refractivity contribution is 0.112. The van der Waals surface area contributed by atoms with Gasteiger partial charge in [-0.3, -0.25) is 9.59 Å². The lowest BCUT2D eigenvalue weighted by atomic mass is 9.99. The Morgan fingerprint density at radius 1 is 0.722 bits per heavy atom. The zero-order valence-corrected chi connectivity index (χ0v) is 9.80. The normalized spacial score (nSPS) is 9.78. The van der Waals surface area contributed by atoms with Crippen LogP contribution in [0.1, 0.15) is 26.3 Å². The molecule has 0 unspecified atom stereocenters. The molecule has 88 valence electrons. The molecule has 2 aromatic rings. The second kappa shape index (κ2) is 5.23. The van der Waals surface area contributed by atoms with Crippen molar-refractivity contribution in [3.05, 3.63) is 65.7 Å². The summed E-state index contributed by atoms with van der Waals surface area (Å²) in [4.78, 5) is 21.7. The van der Waals surface area contributed by atoms with Crippen LogP contribution in [0.4, 0.5) is 0 Å². The number of rotatable bonds is 4. The van der Waals surface area contributed by atoms with Crippen molar-refractivity contribution in [3.63, 3.8) is 0 Å². The molecule has 2 rings (SSSR count). The second-order valence-corrected chi connectivity index (χ2v) is 3.95. The molecular weight excluding hydrogens is 224 g/mol. The minimum Gasteiger partial charge on any atom is -0.298 e. The summed E-state index contributed by atoms with van der Waals surface area (Å²) >= 11 is 0. The largest absolute Gasteiger partial charge is 0.298 e. The molecule has 2 aromatic carbocycles. The third kappa shape index (κ3) is 2.43. The number of hydrogen-bond acceptors (Lipinski definition) is 2. The quantitative estimate of drug-likeness (QED) is 0.760. The summed E-state index contributed by atoms with van der Waals surface area (Å²) in [6, 6.07) is 12.9. The molecule has 0 heterocycles. The lowest BCUT2D eigenvalue weighted by Gasteiger charge is -2.04. The van der Waals surface area contributed by atoms with Crippen LogP contribution in [0.3, 0.4) is 0 Å². The van der Waals surface area contributed by atoms with Crippen LogP contribution < -0.4 is 0 Å². The van der Waals surface area contributed by atoms with Crippen LogP contribution in [0.25, 0.3) is 17.2 Å². The predicted octanol–water partition coefficient (Wildman–Crippen LogP) is 3.62. The van der Waals surface area contributed by atoms with Crippen LogP contribution in [-0.4, -0.2) is 12.6 Å². The number of hydrogen-bond donors (Lipinski definition) is 0. The molecule has 0 aliphatic heterocycles. The van der Waals surface area contributed by atoms with Gasteiger partial charge in [0.15, 0.2) is 0 Å². The summed E-state index contributed by atoms with van der Waals surface area (Å²) < 4.78 is 0. The molecule has 18 heavy (non-hydrogen) atoms. The molecule has 0 aliphatic carbocycles. The van der Waals surface area contributed by atoms with E-state index < -0.39 is 0 Å². The summed E-state index contributed by atoms with van der Waals surface area (Å²) in [5.41, 5.74) is 3.86. The van der Waals surface area contributed by atoms with E-state index in [1.165, 1.54) is 0 Å². The first-order valence-corrected chi connectivity index (χ1v) is 5.55. The van der Waals surface area contributed by atoms with Crippen LogP contribution in [0.15, 0.2) is 49.0 Å². The molecule has 0 aromatic heterocycles. The van der Waals surface area contributed by atoms with Crippen molar-refractivity contribution < 1.29 is 9.59 Å². The van der Waals surface area contributed by atoms with Gasteiger partial charge in [-0.2, -0.15) is 0 Å². The van der Waals surface area contributed by atoms with Gasteiger partial charge in [0.2, 0.25) is 0 Å². The summed E-state index contributed by atoms with van der Waals surface area (Å²) in [7, 11) is 0. The highest BCUT2D eigenvalue weighted by atomic mass is 16.1. The third-order valence-electron chi connectivity index (χ3n) is 2.73. The third-order valence-corrected chi connectivity index (χ3v) is 2.73. The summed E-state index contributed by atoms with van der Waals surface area (Å²) in [6.45, 7) is 3.70. The molecule has 0 spiro atoms. The Balaban J connectivity index is 2.51. The fourth-order valence-corrected chi connectivity index (χ4v) is 1.79. The first-order valence-electron chi connectivity index (χ1n) is 5.55. The molecule has 0 radical (unpaired) electrons. The SMILES string of the molecule is C=Cc1ccc(-c2cc(C=O)cc(C=O)c2)cc1. The monoisotopic (exact) mass is 236 g/mol. The van der Waals surface area contributed by atoms with Gasteiger partial charge >= 0.3 is 0 Å². The zero-order chi connectivity index (χ0) is 13.0. The maximum Gasteiger partial charge on any atom is 0.150 e. The van der Waals surface area contributed by atoms with Crippen molar-refractivity contribution in [1.82, 2.24) is 0 Å². The number of aldehydes is 2. The van der Waals surface area contributed by atoms with Crippen molar-refractivity contribution in [2.45, 2.75) is 0 Å². The lowest BCUT2D eigenvalue weighted by Crippen LogP contribution is -1.88. The molecule has 0 saturated heterocycles. The van der Waals surface area contributed by atoms with E-state index in [1.54, 1.807) is 24.3 Å². The van der Waals surface area contributed by atoms with Crippen molar-refractivity contribution in [3.8, 4) is 11.1 Å². The molecule has 0 N–H and O–H groups in total. The van der Waals surface area contributed by atoms with Crippen molar-refractivity contribution in [1.29, 1.82) is 0 Å². The molecule has 0 fully saturated rings. The topological polar surface area (TPSA) is 34.1 Å². The molecule has 2 heteroatoms. The van der Waals surface area contributed by atoms with Gasteiger partial charge in [-0.05, 0) is 34.9 Å². The highest BCUT2D eigenvalue weighted by molar-refractivity contribution is 5.86. The Bertz CT molecular complexity index is 569. The molecule has 0 saturated carbocycles. The minimum absolute atomic E-state index is 0.502. The predicted molar refractivity (Wildman–Crippen MR) is 72.7 cm³/mol. The van der Waals surface area contributed by atoms with E-state index in [1.807, 2.05) is 24.3 Å². The number of benzene rings is 2. The highest BCUT2D eigenvalue weighted by Gasteiger charge is 2.02. The Kier molecular flexibility index (Phi) is 3.49. The first-order chi connectivity index (χ1) is 8.76. The molecule has 2 nitrogen and oxygen atoms in total. The van der Waals surface area contributed by atoms with E-state index in [4.69, 9.17) is 0 Å². The molecule has 0 aliphatic rings. The first kappa shape index (κ1) is 12.0. The summed E-state index contributed by atoms with van der Waals surface area (Å²) in [5, 5.41) is 0. The average Bonchev–Trinajstić information content (AvgIpc) is 2.46. The van der Waals surface area contributed by atoms with Crippen molar-refractivity contribution in [2.75, 3.05) is 0 Å². The van der Waals surface area contributed by atoms with Gasteiger partial charge in [0.1, 0.15) is 12.6 Å². The standard InChI is InChI=1S/C16H12O2/c1-2-12-3-5-15(6-4-12)16-8-13(10-17)7-14(9-16)11-18/h2-11H,1H2. The van der Waals surface area contributed by atoms with Gasteiger partial charge in [-0.15, -0.1) is 0 Å². The van der Waals surface area contributed by atoms with Crippen LogP contribution in [0, 0.1) is 0 Å². The zero-order valence-electron chi connectivity index (χ0n) is 9.80. The van der Waals surface area contributed by atoms with Crippen LogP contribution in [0.5, 0.6) is 0 Å². The van der Waals surface area contributed by atoms with E-state index in [2.05, 4.69) is 6.58 Å². The van der Waals surface area contributed by atoms with Crippen molar-refractivity contribution in [2.24, 2.45) is 0 Å². The maximum absolute atomic E-state index is 10.8. The Morgan fingerprint density at radius 2 is 1.28 bits per heavy atom. The van der Waals surface area contributed by atoms with E-state index >= 15 is 0 Å². The van der Waals surface area contributed by atoms with Crippen molar-refractivity contribution >= 4 is 18.6 Å². The van der Waals surface area contributed by atoms with E-state index in [9.17, 15) is 9.59 Å². The molecular formula is C16H12O2. The molecule has 0 atom stereocenters. The van der Waals surface area contributed by atoms with Gasteiger partial charge in [-0.1, -0.05) is 36.9 Å². The Hall–Kier alpha value is -2.48. The smallest absolute Gasteiger partial charge is 0.150 e.